The molecule has 0 amide bonds. The molecule has 1 aromatic rings. The number of anilines is 1. The van der Waals surface area contributed by atoms with Gasteiger partial charge in [0.05, 0.1) is 5.60 Å². The van der Waals surface area contributed by atoms with Crippen LogP contribution in [0.15, 0.2) is 18.3 Å². The minimum atomic E-state index is -0.583. The zero-order valence-electron chi connectivity index (χ0n) is 8.98. The molecule has 4 heteroatoms. The molecule has 0 spiro atoms. The van der Waals surface area contributed by atoms with Crippen molar-refractivity contribution in [2.75, 3.05) is 18.0 Å². The second-order valence-corrected chi connectivity index (χ2v) is 4.39. The van der Waals surface area contributed by atoms with Crippen molar-refractivity contribution < 1.29 is 5.11 Å². The van der Waals surface area contributed by atoms with Crippen LogP contribution in [0.2, 0.25) is 0 Å². The monoisotopic (exact) mass is 207 g/mol. The molecule has 2 rings (SSSR count). The van der Waals surface area contributed by atoms with Gasteiger partial charge in [-0.25, -0.2) is 4.98 Å². The molecule has 1 aliphatic rings. The quantitative estimate of drug-likeness (QED) is 0.741. The van der Waals surface area contributed by atoms with Crippen molar-refractivity contribution in [1.29, 1.82) is 0 Å². The van der Waals surface area contributed by atoms with Crippen LogP contribution >= 0.6 is 0 Å². The topological polar surface area (TPSA) is 62.4 Å². The Bertz CT molecular complexity index is 351. The van der Waals surface area contributed by atoms with Crippen LogP contribution in [-0.4, -0.2) is 28.8 Å². The standard InChI is InChI=1S/C11H17N3O/c1-11(15)3-5-14(8-11)10-6-9(7-12)2-4-13-10/h2,4,6,15H,3,5,7-8,12H2,1H3. The molecule has 0 radical (unpaired) electrons. The molecule has 1 aromatic heterocycles. The third-order valence-corrected chi connectivity index (χ3v) is 2.82. The van der Waals surface area contributed by atoms with Crippen LogP contribution < -0.4 is 10.6 Å². The molecule has 82 valence electrons. The maximum absolute atomic E-state index is 9.86. The van der Waals surface area contributed by atoms with Gasteiger partial charge in [-0.2, -0.15) is 0 Å². The van der Waals surface area contributed by atoms with E-state index in [9.17, 15) is 5.11 Å². The second-order valence-electron chi connectivity index (χ2n) is 4.39. The number of aromatic nitrogens is 1. The van der Waals surface area contributed by atoms with Gasteiger partial charge < -0.3 is 15.7 Å². The molecule has 2 heterocycles. The molecule has 1 saturated heterocycles. The fourth-order valence-electron chi connectivity index (χ4n) is 1.90. The van der Waals surface area contributed by atoms with E-state index in [1.54, 1.807) is 6.20 Å². The zero-order valence-corrected chi connectivity index (χ0v) is 8.98. The average molecular weight is 207 g/mol. The Labute approximate surface area is 89.7 Å². The van der Waals surface area contributed by atoms with Gasteiger partial charge in [0.25, 0.3) is 0 Å². The summed E-state index contributed by atoms with van der Waals surface area (Å²) in [6.07, 6.45) is 2.56. The Morgan fingerprint density at radius 2 is 2.47 bits per heavy atom. The molecule has 0 aromatic carbocycles. The molecule has 3 N–H and O–H groups in total. The summed E-state index contributed by atoms with van der Waals surface area (Å²) in [5.74, 6) is 0.913. The van der Waals surface area contributed by atoms with Gasteiger partial charge in [0, 0.05) is 25.8 Å². The summed E-state index contributed by atoms with van der Waals surface area (Å²) >= 11 is 0. The van der Waals surface area contributed by atoms with Crippen molar-refractivity contribution in [3.05, 3.63) is 23.9 Å². The fourth-order valence-corrected chi connectivity index (χ4v) is 1.90. The molecule has 1 unspecified atom stereocenters. The molecule has 4 nitrogen and oxygen atoms in total. The maximum Gasteiger partial charge on any atom is 0.128 e. The first-order valence-electron chi connectivity index (χ1n) is 5.23. The van der Waals surface area contributed by atoms with Crippen LogP contribution in [0.1, 0.15) is 18.9 Å². The minimum absolute atomic E-state index is 0.528. The van der Waals surface area contributed by atoms with Gasteiger partial charge in [-0.15, -0.1) is 0 Å². The van der Waals surface area contributed by atoms with E-state index < -0.39 is 5.60 Å². The predicted octanol–water partition coefficient (Wildman–Crippen LogP) is 0.501. The summed E-state index contributed by atoms with van der Waals surface area (Å²) in [6.45, 7) is 3.89. The lowest BCUT2D eigenvalue weighted by molar-refractivity contribution is 0.0839. The van der Waals surface area contributed by atoms with Crippen LogP contribution in [-0.2, 0) is 6.54 Å². The summed E-state index contributed by atoms with van der Waals surface area (Å²) < 4.78 is 0. The van der Waals surface area contributed by atoms with E-state index in [4.69, 9.17) is 5.73 Å². The Morgan fingerprint density at radius 1 is 1.67 bits per heavy atom. The highest BCUT2D eigenvalue weighted by molar-refractivity contribution is 5.42. The van der Waals surface area contributed by atoms with Crippen molar-refractivity contribution in [1.82, 2.24) is 4.98 Å². The molecule has 0 saturated carbocycles. The number of nitrogens with zero attached hydrogens (tertiary/aromatic N) is 2. The van der Waals surface area contributed by atoms with E-state index >= 15 is 0 Å². The van der Waals surface area contributed by atoms with Crippen molar-refractivity contribution >= 4 is 5.82 Å². The Balaban J connectivity index is 2.16. The average Bonchev–Trinajstić information content (AvgIpc) is 2.59. The second kappa shape index (κ2) is 3.79. The van der Waals surface area contributed by atoms with Gasteiger partial charge in [0.1, 0.15) is 5.82 Å². The zero-order chi connectivity index (χ0) is 10.9. The SMILES string of the molecule is CC1(O)CCN(c2cc(CN)ccn2)C1. The van der Waals surface area contributed by atoms with Crippen molar-refractivity contribution in [3.63, 3.8) is 0 Å². The van der Waals surface area contributed by atoms with Gasteiger partial charge in [-0.3, -0.25) is 0 Å². The van der Waals surface area contributed by atoms with Crippen LogP contribution in [0.4, 0.5) is 5.82 Å². The third-order valence-electron chi connectivity index (χ3n) is 2.82. The highest BCUT2D eigenvalue weighted by Gasteiger charge is 2.31. The largest absolute Gasteiger partial charge is 0.388 e. The van der Waals surface area contributed by atoms with Crippen LogP contribution in [0.3, 0.4) is 0 Å². The smallest absolute Gasteiger partial charge is 0.128 e. The summed E-state index contributed by atoms with van der Waals surface area (Å²) in [4.78, 5) is 6.39. The first kappa shape index (κ1) is 10.4. The maximum atomic E-state index is 9.86. The summed E-state index contributed by atoms with van der Waals surface area (Å²) in [5.41, 5.74) is 6.07. The number of hydrogen-bond donors (Lipinski definition) is 2. The molecule has 15 heavy (non-hydrogen) atoms. The van der Waals surface area contributed by atoms with Crippen LogP contribution in [0.25, 0.3) is 0 Å². The van der Waals surface area contributed by atoms with Crippen molar-refractivity contribution in [2.45, 2.75) is 25.5 Å². The number of β-amino-alcohol motifs (C(OH)–C–C–N with tert-alkyl or cyclic N) is 1. The summed E-state index contributed by atoms with van der Waals surface area (Å²) in [6, 6.07) is 3.90. The van der Waals surface area contributed by atoms with E-state index in [1.807, 2.05) is 19.1 Å². The normalized spacial score (nSPS) is 25.9. The van der Waals surface area contributed by atoms with Crippen LogP contribution in [0.5, 0.6) is 0 Å². The van der Waals surface area contributed by atoms with E-state index in [1.165, 1.54) is 0 Å². The van der Waals surface area contributed by atoms with Crippen LogP contribution in [0, 0.1) is 0 Å². The lowest BCUT2D eigenvalue weighted by Gasteiger charge is -2.20. The van der Waals surface area contributed by atoms with Gasteiger partial charge in [-0.1, -0.05) is 0 Å². The highest BCUT2D eigenvalue weighted by Crippen LogP contribution is 2.25. The molecule has 1 atom stereocenters. The molecular weight excluding hydrogens is 190 g/mol. The lowest BCUT2D eigenvalue weighted by atomic mass is 10.1. The summed E-state index contributed by atoms with van der Waals surface area (Å²) in [5, 5.41) is 9.86. The van der Waals surface area contributed by atoms with E-state index in [0.717, 1.165) is 24.3 Å². The number of rotatable bonds is 2. The van der Waals surface area contributed by atoms with Crippen molar-refractivity contribution in [2.24, 2.45) is 5.73 Å². The molecule has 0 bridgehead atoms. The number of pyridine rings is 1. The van der Waals surface area contributed by atoms with E-state index in [2.05, 4.69) is 9.88 Å². The number of nitrogens with two attached hydrogens (primary N) is 1. The van der Waals surface area contributed by atoms with E-state index in [-0.39, 0.29) is 0 Å². The number of aliphatic hydroxyl groups is 1. The van der Waals surface area contributed by atoms with Gasteiger partial charge >= 0.3 is 0 Å². The Kier molecular flexibility index (Phi) is 2.63. The van der Waals surface area contributed by atoms with Gasteiger partial charge in [0.2, 0.25) is 0 Å². The highest BCUT2D eigenvalue weighted by atomic mass is 16.3. The molecule has 0 aliphatic carbocycles. The van der Waals surface area contributed by atoms with Gasteiger partial charge in [-0.05, 0) is 31.0 Å². The molecular formula is C11H17N3O. The lowest BCUT2D eigenvalue weighted by Crippen LogP contribution is -2.30. The Morgan fingerprint density at radius 3 is 3.07 bits per heavy atom. The summed E-state index contributed by atoms with van der Waals surface area (Å²) in [7, 11) is 0. The Hall–Kier alpha value is -1.13. The minimum Gasteiger partial charge on any atom is -0.388 e. The first-order chi connectivity index (χ1) is 7.11. The molecule has 1 fully saturated rings. The first-order valence-corrected chi connectivity index (χ1v) is 5.23. The molecule has 1 aliphatic heterocycles. The van der Waals surface area contributed by atoms with E-state index in [0.29, 0.717) is 13.1 Å². The van der Waals surface area contributed by atoms with Gasteiger partial charge in [0.15, 0.2) is 0 Å². The number of hydrogen-bond acceptors (Lipinski definition) is 4. The predicted molar refractivity (Wildman–Crippen MR) is 59.6 cm³/mol. The fraction of sp³-hybridized carbons (Fsp3) is 0.545. The van der Waals surface area contributed by atoms with Crippen molar-refractivity contribution in [3.8, 4) is 0 Å². The third kappa shape index (κ3) is 2.27.